The van der Waals surface area contributed by atoms with Crippen molar-refractivity contribution in [2.45, 2.75) is 68.7 Å². The lowest BCUT2D eigenvalue weighted by atomic mass is 9.85. The van der Waals surface area contributed by atoms with Crippen LogP contribution in [-0.4, -0.2) is 85.8 Å². The molecule has 7 N–H and O–H groups in total. The maximum atomic E-state index is 14.0. The highest BCUT2D eigenvalue weighted by molar-refractivity contribution is 7.08. The van der Waals surface area contributed by atoms with E-state index in [1.807, 2.05) is 123 Å². The van der Waals surface area contributed by atoms with Crippen molar-refractivity contribution in [3.63, 3.8) is 0 Å². The van der Waals surface area contributed by atoms with Crippen LogP contribution in [0, 0.1) is 0 Å². The van der Waals surface area contributed by atoms with Crippen molar-refractivity contribution >= 4 is 92.5 Å². The summed E-state index contributed by atoms with van der Waals surface area (Å²) in [7, 11) is 0. The molecule has 3 aromatic carbocycles. The van der Waals surface area contributed by atoms with Gasteiger partial charge in [0.1, 0.15) is 18.1 Å². The predicted molar refractivity (Wildman–Crippen MR) is 324 cm³/mol. The first-order valence-corrected chi connectivity index (χ1v) is 29.5. The smallest absolute Gasteiger partial charge is 0.475 e. The number of halogens is 3. The number of carboxylic acid groups (broad SMARTS) is 1. The van der Waals surface area contributed by atoms with Gasteiger partial charge in [-0.25, -0.2) is 4.79 Å². The normalized spacial score (nSPS) is 12.0. The molecule has 6 heterocycles. The Labute approximate surface area is 504 Å². The van der Waals surface area contributed by atoms with Crippen molar-refractivity contribution in [3.8, 4) is 0 Å². The van der Waals surface area contributed by atoms with Gasteiger partial charge in [0, 0.05) is 77.9 Å². The van der Waals surface area contributed by atoms with Crippen molar-refractivity contribution in [2.24, 2.45) is 0 Å². The number of carbonyl (C=O) groups is 7. The number of pyridine rings is 3. The van der Waals surface area contributed by atoms with Crippen molar-refractivity contribution < 1.29 is 51.8 Å². The Morgan fingerprint density at radius 3 is 0.919 bits per heavy atom. The summed E-state index contributed by atoms with van der Waals surface area (Å²) in [6.45, 7) is 0. The van der Waals surface area contributed by atoms with Crippen LogP contribution in [0.1, 0.15) is 56.4 Å². The molecule has 17 nitrogen and oxygen atoms in total. The molecule has 0 fully saturated rings. The van der Waals surface area contributed by atoms with Crippen LogP contribution >= 0.6 is 34.0 Å². The monoisotopic (exact) mass is 1220 g/mol. The molecule has 0 aliphatic rings. The van der Waals surface area contributed by atoms with Crippen LogP contribution in [0.5, 0.6) is 0 Å². The SMILES string of the molecule is O=C(Cc1ccsc1)N[C@@H](Cc1ccccn1)C(=O)Nc1ccc(C(c2ccc(NC(=O)[C@H](Cc3ccccn3)NC(=O)Cc3ccsc3)cc2)c2ccc(NC(=O)[C@H](Cc3ccccn3)NC(=O)Cc3ccsc3)cc2)cc1.O=C(O)C(F)(F)F. The van der Waals surface area contributed by atoms with Gasteiger partial charge in [-0.3, -0.25) is 43.7 Å². The zero-order valence-corrected chi connectivity index (χ0v) is 48.1. The van der Waals surface area contributed by atoms with E-state index in [-0.39, 0.29) is 56.2 Å². The van der Waals surface area contributed by atoms with Gasteiger partial charge >= 0.3 is 12.1 Å². The molecule has 6 amide bonds. The molecule has 3 atom stereocenters. The minimum Gasteiger partial charge on any atom is -0.475 e. The van der Waals surface area contributed by atoms with E-state index in [0.717, 1.165) is 33.4 Å². The number of thiophene rings is 3. The topological polar surface area (TPSA) is 251 Å². The fourth-order valence-electron chi connectivity index (χ4n) is 8.83. The van der Waals surface area contributed by atoms with Gasteiger partial charge in [0.15, 0.2) is 0 Å². The van der Waals surface area contributed by atoms with Gasteiger partial charge in [-0.05, 0) is 157 Å². The van der Waals surface area contributed by atoms with E-state index < -0.39 is 53.9 Å². The zero-order chi connectivity index (χ0) is 60.8. The summed E-state index contributed by atoms with van der Waals surface area (Å²) in [5.74, 6) is -5.23. The molecule has 440 valence electrons. The van der Waals surface area contributed by atoms with Gasteiger partial charge in [-0.1, -0.05) is 54.6 Å². The molecule has 9 rings (SSSR count). The minimum atomic E-state index is -5.08. The van der Waals surface area contributed by atoms with Crippen LogP contribution in [0.4, 0.5) is 30.2 Å². The second kappa shape index (κ2) is 30.7. The standard InChI is InChI=1S/C61H55N9O6S3.C2HF3O2/c71-55(31-40-22-28-77-37-40)68-52(34-49-7-1-4-25-62-49)59(74)65-46-16-10-43(11-17-46)58(44-12-18-47(19-13-44)66-60(75)53(35-50-8-2-5-26-63-50)69-56(72)32-41-23-29-78-38-41)45-14-20-48(21-15-45)67-61(76)54(36-51-9-3-6-27-64-51)70-57(73)33-42-24-30-79-39-42;3-2(4,5)1(6)7/h1-30,37-39,52-54,58H,31-36H2,(H,65,74)(H,66,75)(H,67,76)(H,68,71)(H,69,72)(H,70,73);(H,6,7)/t52-,53-,54-;/m0./s1. The van der Waals surface area contributed by atoms with Gasteiger partial charge in [0.2, 0.25) is 35.4 Å². The van der Waals surface area contributed by atoms with E-state index >= 15 is 0 Å². The molecular formula is C63H56F3N9O8S3. The highest BCUT2D eigenvalue weighted by Gasteiger charge is 2.38. The lowest BCUT2D eigenvalue weighted by Gasteiger charge is -2.22. The van der Waals surface area contributed by atoms with Gasteiger partial charge in [-0.2, -0.15) is 47.2 Å². The number of anilines is 3. The molecule has 0 saturated heterocycles. The van der Waals surface area contributed by atoms with E-state index in [9.17, 15) is 41.9 Å². The Balaban J connectivity index is 0.00000129. The summed E-state index contributed by atoms with van der Waals surface area (Å²) < 4.78 is 31.7. The number of amides is 6. The van der Waals surface area contributed by atoms with Crippen LogP contribution in [-0.2, 0) is 72.1 Å². The highest BCUT2D eigenvalue weighted by Crippen LogP contribution is 2.34. The van der Waals surface area contributed by atoms with E-state index in [0.29, 0.717) is 34.1 Å². The molecule has 0 radical (unpaired) electrons. The average Bonchev–Trinajstić information content (AvgIpc) is 2.32. The van der Waals surface area contributed by atoms with Crippen molar-refractivity contribution in [2.75, 3.05) is 16.0 Å². The number of carboxylic acids is 1. The van der Waals surface area contributed by atoms with E-state index in [2.05, 4.69) is 46.9 Å². The summed E-state index contributed by atoms with van der Waals surface area (Å²) in [6.07, 6.45) is 0.793. The van der Waals surface area contributed by atoms with Gasteiger partial charge in [0.05, 0.1) is 19.3 Å². The number of nitrogens with one attached hydrogen (secondary N) is 6. The third-order valence-corrected chi connectivity index (χ3v) is 15.2. The van der Waals surface area contributed by atoms with Crippen molar-refractivity contribution in [3.05, 3.63) is 247 Å². The average molecular weight is 1220 g/mol. The molecule has 0 aliphatic heterocycles. The molecule has 9 aromatic rings. The lowest BCUT2D eigenvalue weighted by molar-refractivity contribution is -0.192. The molecule has 0 unspecified atom stereocenters. The number of rotatable bonds is 24. The third-order valence-electron chi connectivity index (χ3n) is 13.0. The quantitative estimate of drug-likeness (QED) is 0.0281. The number of aromatic nitrogens is 3. The summed E-state index contributed by atoms with van der Waals surface area (Å²) in [5.41, 5.74) is 8.60. The first-order valence-electron chi connectivity index (χ1n) is 26.6. The molecule has 0 spiro atoms. The fraction of sp³-hybridized carbons (Fsp3) is 0.175. The summed E-state index contributed by atoms with van der Waals surface area (Å²) in [5, 5.41) is 36.3. The van der Waals surface area contributed by atoms with E-state index in [4.69, 9.17) is 9.90 Å². The Morgan fingerprint density at radius 1 is 0.419 bits per heavy atom. The van der Waals surface area contributed by atoms with Crippen molar-refractivity contribution in [1.82, 2.24) is 30.9 Å². The summed E-state index contributed by atoms with van der Waals surface area (Å²) in [4.78, 5) is 104. The van der Waals surface area contributed by atoms with Gasteiger partial charge in [-0.15, -0.1) is 0 Å². The fourth-order valence-corrected chi connectivity index (χ4v) is 10.8. The van der Waals surface area contributed by atoms with Crippen LogP contribution < -0.4 is 31.9 Å². The first-order chi connectivity index (χ1) is 41.5. The highest BCUT2D eigenvalue weighted by atomic mass is 32.1. The molecule has 0 aliphatic carbocycles. The van der Waals surface area contributed by atoms with E-state index in [1.165, 1.54) is 34.0 Å². The second-order valence-corrected chi connectivity index (χ2v) is 21.8. The van der Waals surface area contributed by atoms with E-state index in [1.54, 1.807) is 73.2 Å². The zero-order valence-electron chi connectivity index (χ0n) is 45.6. The Morgan fingerprint density at radius 2 is 0.698 bits per heavy atom. The number of hydrogen-bond donors (Lipinski definition) is 7. The van der Waals surface area contributed by atoms with Crippen molar-refractivity contribution in [1.29, 1.82) is 0 Å². The lowest BCUT2D eigenvalue weighted by Crippen LogP contribution is -2.46. The van der Waals surface area contributed by atoms with Crippen LogP contribution in [0.15, 0.2) is 196 Å². The number of nitrogens with zero attached hydrogens (tertiary/aromatic N) is 3. The summed E-state index contributed by atoms with van der Waals surface area (Å²) in [6, 6.07) is 41.5. The van der Waals surface area contributed by atoms with Crippen LogP contribution in [0.25, 0.3) is 0 Å². The molecule has 86 heavy (non-hydrogen) atoms. The predicted octanol–water partition coefficient (Wildman–Crippen LogP) is 9.60. The van der Waals surface area contributed by atoms with Crippen LogP contribution in [0.2, 0.25) is 0 Å². The molecule has 0 saturated carbocycles. The summed E-state index contributed by atoms with van der Waals surface area (Å²) >= 11 is 4.49. The number of carbonyl (C=O) groups excluding carboxylic acids is 6. The second-order valence-electron chi connectivity index (χ2n) is 19.4. The number of hydrogen-bond acceptors (Lipinski definition) is 13. The largest absolute Gasteiger partial charge is 0.490 e. The molecule has 6 aromatic heterocycles. The maximum Gasteiger partial charge on any atom is 0.490 e. The third kappa shape index (κ3) is 19.4. The Hall–Kier alpha value is -9.71. The Bertz CT molecular complexity index is 3280. The van der Waals surface area contributed by atoms with Gasteiger partial charge in [0.25, 0.3) is 0 Å². The Kier molecular flexibility index (Phi) is 22.3. The first kappa shape index (κ1) is 62.3. The number of aliphatic carboxylic acids is 1. The molecular weight excluding hydrogens is 1160 g/mol. The maximum absolute atomic E-state index is 14.0. The van der Waals surface area contributed by atoms with Crippen LogP contribution in [0.3, 0.4) is 0 Å². The minimum absolute atomic E-state index is 0.133. The molecule has 23 heteroatoms. The van der Waals surface area contributed by atoms with Gasteiger partial charge < -0.3 is 37.0 Å². The number of benzene rings is 3. The molecule has 0 bridgehead atoms. The number of alkyl halides is 3.